The molecule has 0 N–H and O–H groups in total. The Hall–Kier alpha value is -2.22. The van der Waals surface area contributed by atoms with Gasteiger partial charge in [-0.3, -0.25) is 0 Å². The maximum atomic E-state index is 2.49. The summed E-state index contributed by atoms with van der Waals surface area (Å²) in [5, 5.41) is 2.67. The van der Waals surface area contributed by atoms with Gasteiger partial charge < -0.3 is 9.13 Å². The van der Waals surface area contributed by atoms with Crippen molar-refractivity contribution in [3.63, 3.8) is 0 Å². The molecule has 21 heavy (non-hydrogen) atoms. The van der Waals surface area contributed by atoms with Crippen LogP contribution in [0, 0.1) is 0 Å². The van der Waals surface area contributed by atoms with Crippen molar-refractivity contribution in [1.29, 1.82) is 0 Å². The molecule has 4 aromatic rings. The summed E-state index contributed by atoms with van der Waals surface area (Å²) in [5.74, 6) is 0. The molecule has 106 valence electrons. The average Bonchev–Trinajstić information content (AvgIpc) is 2.93. The predicted molar refractivity (Wildman–Crippen MR) is 90.9 cm³/mol. The molecule has 0 radical (unpaired) electrons. The largest absolute Gasteiger partial charge is 0.342 e. The van der Waals surface area contributed by atoms with Gasteiger partial charge in [-0.15, -0.1) is 0 Å². The number of hydrogen-bond donors (Lipinski definition) is 0. The lowest BCUT2D eigenvalue weighted by atomic mass is 10.1. The van der Waals surface area contributed by atoms with Crippen LogP contribution in [0.3, 0.4) is 0 Å². The smallest absolute Gasteiger partial charge is 0.0758 e. The van der Waals surface area contributed by atoms with E-state index in [1.807, 2.05) is 0 Å². The normalized spacial score (nSPS) is 12.8. The fraction of sp³-hybridized carbons (Fsp3) is 0.263. The van der Waals surface area contributed by atoms with Crippen molar-refractivity contribution < 1.29 is 0 Å². The van der Waals surface area contributed by atoms with E-state index in [1.165, 1.54) is 32.8 Å². The zero-order valence-electron chi connectivity index (χ0n) is 13.0. The molecular formula is C19H20N2. The first-order valence-electron chi connectivity index (χ1n) is 7.47. The van der Waals surface area contributed by atoms with Gasteiger partial charge >= 0.3 is 0 Å². The molecule has 0 atom stereocenters. The van der Waals surface area contributed by atoms with E-state index in [0.29, 0.717) is 0 Å². The molecule has 0 unspecified atom stereocenters. The molecule has 4 rings (SSSR count). The number of hydrogen-bond acceptors (Lipinski definition) is 0. The average molecular weight is 276 g/mol. The molecule has 0 fully saturated rings. The highest BCUT2D eigenvalue weighted by molar-refractivity contribution is 6.18. The Bertz CT molecular complexity index is 971. The molecule has 0 saturated carbocycles. The SMILES string of the molecule is Cn1c2ccccc2c2c1c1ccccc1n2C(C)(C)C. The topological polar surface area (TPSA) is 9.86 Å². The van der Waals surface area contributed by atoms with Crippen molar-refractivity contribution in [3.05, 3.63) is 48.5 Å². The second-order valence-corrected chi connectivity index (χ2v) is 6.80. The maximum Gasteiger partial charge on any atom is 0.0758 e. The van der Waals surface area contributed by atoms with Gasteiger partial charge in [0, 0.05) is 23.4 Å². The number of aryl methyl sites for hydroxylation is 1. The van der Waals surface area contributed by atoms with Crippen LogP contribution in [0.15, 0.2) is 48.5 Å². The third kappa shape index (κ3) is 1.53. The third-order valence-electron chi connectivity index (χ3n) is 4.37. The van der Waals surface area contributed by atoms with Gasteiger partial charge in [0.25, 0.3) is 0 Å². The van der Waals surface area contributed by atoms with E-state index < -0.39 is 0 Å². The van der Waals surface area contributed by atoms with Crippen LogP contribution in [-0.4, -0.2) is 9.13 Å². The van der Waals surface area contributed by atoms with Crippen LogP contribution in [0.2, 0.25) is 0 Å². The summed E-state index contributed by atoms with van der Waals surface area (Å²) in [6.07, 6.45) is 0. The van der Waals surface area contributed by atoms with Crippen LogP contribution in [0.4, 0.5) is 0 Å². The zero-order chi connectivity index (χ0) is 14.8. The van der Waals surface area contributed by atoms with Crippen molar-refractivity contribution >= 4 is 32.8 Å². The molecule has 2 heteroatoms. The quantitative estimate of drug-likeness (QED) is 0.426. The van der Waals surface area contributed by atoms with E-state index in [9.17, 15) is 0 Å². The molecule has 0 spiro atoms. The van der Waals surface area contributed by atoms with Crippen LogP contribution in [0.1, 0.15) is 20.8 Å². The Balaban J connectivity index is 2.40. The molecule has 0 aliphatic heterocycles. The highest BCUT2D eigenvalue weighted by Gasteiger charge is 2.24. The molecule has 0 amide bonds. The number of aromatic nitrogens is 2. The second-order valence-electron chi connectivity index (χ2n) is 6.80. The number of para-hydroxylation sites is 2. The standard InChI is InChI=1S/C19H20N2/c1-19(2,3)21-16-12-8-6-10-14(16)17-18(21)13-9-5-7-11-15(13)20(17)4/h5-12H,1-4H3. The predicted octanol–water partition coefficient (Wildman–Crippen LogP) is 5.04. The first-order valence-corrected chi connectivity index (χ1v) is 7.47. The maximum absolute atomic E-state index is 2.49. The van der Waals surface area contributed by atoms with E-state index in [2.05, 4.69) is 85.5 Å². The van der Waals surface area contributed by atoms with E-state index in [1.54, 1.807) is 0 Å². The third-order valence-corrected chi connectivity index (χ3v) is 4.37. The first-order chi connectivity index (χ1) is 10.00. The van der Waals surface area contributed by atoms with Crippen molar-refractivity contribution in [1.82, 2.24) is 9.13 Å². The monoisotopic (exact) mass is 276 g/mol. The van der Waals surface area contributed by atoms with Crippen molar-refractivity contribution in [2.45, 2.75) is 26.3 Å². The Morgan fingerprint density at radius 1 is 0.714 bits per heavy atom. The van der Waals surface area contributed by atoms with Gasteiger partial charge in [0.15, 0.2) is 0 Å². The van der Waals surface area contributed by atoms with E-state index in [-0.39, 0.29) is 5.54 Å². The molecule has 2 aromatic carbocycles. The van der Waals surface area contributed by atoms with Crippen LogP contribution < -0.4 is 0 Å². The fourth-order valence-electron chi connectivity index (χ4n) is 3.59. The van der Waals surface area contributed by atoms with Crippen molar-refractivity contribution in [2.24, 2.45) is 7.05 Å². The lowest BCUT2D eigenvalue weighted by molar-refractivity contribution is 0.424. The minimum absolute atomic E-state index is 0.0471. The van der Waals surface area contributed by atoms with Crippen molar-refractivity contribution in [3.8, 4) is 0 Å². The summed E-state index contributed by atoms with van der Waals surface area (Å²) < 4.78 is 4.81. The summed E-state index contributed by atoms with van der Waals surface area (Å²) in [6.45, 7) is 6.84. The lowest BCUT2D eigenvalue weighted by Gasteiger charge is -2.24. The zero-order valence-corrected chi connectivity index (χ0v) is 13.0. The molecule has 2 aromatic heterocycles. The van der Waals surface area contributed by atoms with Gasteiger partial charge in [-0.05, 0) is 32.9 Å². The molecule has 2 heterocycles. The molecule has 0 aliphatic rings. The highest BCUT2D eigenvalue weighted by Crippen LogP contribution is 2.39. The molecule has 0 bridgehead atoms. The second kappa shape index (κ2) is 3.91. The van der Waals surface area contributed by atoms with Gasteiger partial charge in [0.1, 0.15) is 0 Å². The van der Waals surface area contributed by atoms with Gasteiger partial charge in [-0.25, -0.2) is 0 Å². The number of fused-ring (bicyclic) bond motifs is 5. The molecule has 0 saturated heterocycles. The van der Waals surface area contributed by atoms with E-state index in [4.69, 9.17) is 0 Å². The summed E-state index contributed by atoms with van der Waals surface area (Å²) in [7, 11) is 2.17. The highest BCUT2D eigenvalue weighted by atomic mass is 15.1. The summed E-state index contributed by atoms with van der Waals surface area (Å²) in [4.78, 5) is 0. The van der Waals surface area contributed by atoms with Gasteiger partial charge in [-0.1, -0.05) is 36.4 Å². The minimum Gasteiger partial charge on any atom is -0.342 e. The van der Waals surface area contributed by atoms with E-state index >= 15 is 0 Å². The Kier molecular flexibility index (Phi) is 2.33. The van der Waals surface area contributed by atoms with Crippen LogP contribution in [0.5, 0.6) is 0 Å². The Labute approximate surface area is 124 Å². The van der Waals surface area contributed by atoms with Crippen LogP contribution in [-0.2, 0) is 12.6 Å². The fourth-order valence-corrected chi connectivity index (χ4v) is 3.59. The Morgan fingerprint density at radius 3 is 1.86 bits per heavy atom. The van der Waals surface area contributed by atoms with Gasteiger partial charge in [-0.2, -0.15) is 0 Å². The molecular weight excluding hydrogens is 256 g/mol. The Morgan fingerprint density at radius 2 is 1.24 bits per heavy atom. The summed E-state index contributed by atoms with van der Waals surface area (Å²) >= 11 is 0. The first kappa shape index (κ1) is 12.5. The number of benzene rings is 2. The van der Waals surface area contributed by atoms with Gasteiger partial charge in [0.2, 0.25) is 0 Å². The lowest BCUT2D eigenvalue weighted by Crippen LogP contribution is -2.21. The van der Waals surface area contributed by atoms with Crippen LogP contribution >= 0.6 is 0 Å². The summed E-state index contributed by atoms with van der Waals surface area (Å²) in [6, 6.07) is 17.4. The molecule has 0 aliphatic carbocycles. The summed E-state index contributed by atoms with van der Waals surface area (Å²) in [5.41, 5.74) is 5.34. The number of nitrogens with zero attached hydrogens (tertiary/aromatic N) is 2. The minimum atomic E-state index is 0.0471. The molecule has 2 nitrogen and oxygen atoms in total. The van der Waals surface area contributed by atoms with E-state index in [0.717, 1.165) is 0 Å². The van der Waals surface area contributed by atoms with Gasteiger partial charge in [0.05, 0.1) is 22.1 Å². The van der Waals surface area contributed by atoms with Crippen molar-refractivity contribution in [2.75, 3.05) is 0 Å². The number of rotatable bonds is 0. The van der Waals surface area contributed by atoms with Crippen LogP contribution in [0.25, 0.3) is 32.8 Å².